The minimum atomic E-state index is -0.708. The average molecular weight is 284 g/mol. The van der Waals surface area contributed by atoms with Gasteiger partial charge in [-0.2, -0.15) is 0 Å². The highest BCUT2D eigenvalue weighted by atomic mass is 16.4. The van der Waals surface area contributed by atoms with Crippen molar-refractivity contribution in [2.24, 2.45) is 17.1 Å². The summed E-state index contributed by atoms with van der Waals surface area (Å²) >= 11 is 0. The lowest BCUT2D eigenvalue weighted by atomic mass is 9.75. The molecule has 1 heterocycles. The molecule has 0 radical (unpaired) electrons. The summed E-state index contributed by atoms with van der Waals surface area (Å²) < 4.78 is 0. The Kier molecular flexibility index (Phi) is 6.46. The lowest BCUT2D eigenvalue weighted by Gasteiger charge is -2.39. The van der Waals surface area contributed by atoms with Crippen LogP contribution in [-0.4, -0.2) is 41.5 Å². The molecule has 1 fully saturated rings. The third-order valence-electron chi connectivity index (χ3n) is 4.63. The van der Waals surface area contributed by atoms with Crippen molar-refractivity contribution in [3.63, 3.8) is 0 Å². The second-order valence-electron chi connectivity index (χ2n) is 5.93. The maximum Gasteiger partial charge on any atom is 0.309 e. The molecule has 5 nitrogen and oxygen atoms in total. The van der Waals surface area contributed by atoms with Gasteiger partial charge in [0.15, 0.2) is 0 Å². The van der Waals surface area contributed by atoms with E-state index in [1.807, 2.05) is 18.7 Å². The van der Waals surface area contributed by atoms with Crippen molar-refractivity contribution in [1.29, 1.82) is 0 Å². The van der Waals surface area contributed by atoms with Crippen LogP contribution in [0.3, 0.4) is 0 Å². The highest BCUT2D eigenvalue weighted by molar-refractivity contribution is 5.78. The van der Waals surface area contributed by atoms with Crippen molar-refractivity contribution in [3.8, 4) is 0 Å². The van der Waals surface area contributed by atoms with E-state index >= 15 is 0 Å². The zero-order chi connectivity index (χ0) is 15.2. The van der Waals surface area contributed by atoms with E-state index in [-0.39, 0.29) is 11.8 Å². The maximum atomic E-state index is 12.2. The van der Waals surface area contributed by atoms with Crippen LogP contribution in [0.5, 0.6) is 0 Å². The molecule has 1 unspecified atom stereocenters. The molecule has 3 N–H and O–H groups in total. The van der Waals surface area contributed by atoms with E-state index in [9.17, 15) is 14.7 Å². The lowest BCUT2D eigenvalue weighted by Crippen LogP contribution is -2.47. The van der Waals surface area contributed by atoms with E-state index in [1.165, 1.54) is 0 Å². The predicted molar refractivity (Wildman–Crippen MR) is 78.2 cm³/mol. The summed E-state index contributed by atoms with van der Waals surface area (Å²) in [6, 6.07) is 0. The van der Waals surface area contributed by atoms with Crippen LogP contribution in [0.15, 0.2) is 0 Å². The molecular formula is C15H28N2O3. The molecule has 1 atom stereocenters. The number of hydrogen-bond acceptors (Lipinski definition) is 3. The van der Waals surface area contributed by atoms with E-state index in [0.717, 1.165) is 12.8 Å². The summed E-state index contributed by atoms with van der Waals surface area (Å²) in [5.74, 6) is -0.345. The fraction of sp³-hybridized carbons (Fsp3) is 0.867. The minimum absolute atomic E-state index is 0.123. The van der Waals surface area contributed by atoms with Crippen molar-refractivity contribution >= 4 is 11.9 Å². The smallest absolute Gasteiger partial charge is 0.309 e. The Morgan fingerprint density at radius 2 is 1.90 bits per heavy atom. The van der Waals surface area contributed by atoms with Crippen LogP contribution < -0.4 is 5.73 Å². The summed E-state index contributed by atoms with van der Waals surface area (Å²) in [6.45, 7) is 5.70. The van der Waals surface area contributed by atoms with Crippen molar-refractivity contribution < 1.29 is 14.7 Å². The number of likely N-dealkylation sites (tertiary alicyclic amines) is 1. The van der Waals surface area contributed by atoms with Crippen molar-refractivity contribution in [2.45, 2.75) is 52.4 Å². The Hall–Kier alpha value is -1.10. The monoisotopic (exact) mass is 284 g/mol. The van der Waals surface area contributed by atoms with Gasteiger partial charge in [0.2, 0.25) is 5.91 Å². The highest BCUT2D eigenvalue weighted by Crippen LogP contribution is 2.36. The quantitative estimate of drug-likeness (QED) is 0.747. The Labute approximate surface area is 121 Å². The summed E-state index contributed by atoms with van der Waals surface area (Å²) in [6.07, 6.45) is 4.10. The Morgan fingerprint density at radius 1 is 1.30 bits per heavy atom. The number of carboxylic acid groups (broad SMARTS) is 1. The first-order valence-electron chi connectivity index (χ1n) is 7.70. The van der Waals surface area contributed by atoms with Crippen LogP contribution in [0.4, 0.5) is 0 Å². The number of piperidine rings is 1. The topological polar surface area (TPSA) is 83.6 Å². The van der Waals surface area contributed by atoms with Crippen molar-refractivity contribution in [1.82, 2.24) is 4.90 Å². The molecule has 1 saturated heterocycles. The van der Waals surface area contributed by atoms with Gasteiger partial charge in [-0.05, 0) is 31.7 Å². The summed E-state index contributed by atoms with van der Waals surface area (Å²) in [7, 11) is 0. The van der Waals surface area contributed by atoms with Crippen LogP contribution in [-0.2, 0) is 9.59 Å². The number of carbonyl (C=O) groups is 2. The number of hydrogen-bond donors (Lipinski definition) is 2. The fourth-order valence-electron chi connectivity index (χ4n) is 3.00. The average Bonchev–Trinajstić information content (AvgIpc) is 2.45. The summed E-state index contributed by atoms with van der Waals surface area (Å²) in [5.41, 5.74) is 5.01. The second kappa shape index (κ2) is 7.62. The number of aliphatic carboxylic acids is 1. The molecule has 1 rings (SSSR count). The number of rotatable bonds is 7. The number of amides is 1. The van der Waals surface area contributed by atoms with Gasteiger partial charge in [-0.15, -0.1) is 0 Å². The fourth-order valence-corrected chi connectivity index (χ4v) is 3.00. The van der Waals surface area contributed by atoms with Gasteiger partial charge in [-0.3, -0.25) is 9.59 Å². The Bertz CT molecular complexity index is 332. The molecule has 0 spiro atoms. The van der Waals surface area contributed by atoms with Gasteiger partial charge in [-0.25, -0.2) is 0 Å². The molecule has 1 amide bonds. The standard InChI is InChI=1S/C15H28N2O3/c1-3-5-15(14(19)20)6-8-17(9-7-15)13(18)10-12(4-2)11-16/h12H,3-11,16H2,1-2H3,(H,19,20). The zero-order valence-corrected chi connectivity index (χ0v) is 12.7. The largest absolute Gasteiger partial charge is 0.481 e. The first kappa shape index (κ1) is 17.0. The molecule has 1 aliphatic rings. The van der Waals surface area contributed by atoms with Gasteiger partial charge >= 0.3 is 5.97 Å². The van der Waals surface area contributed by atoms with Crippen LogP contribution in [0.1, 0.15) is 52.4 Å². The molecule has 116 valence electrons. The molecular weight excluding hydrogens is 256 g/mol. The van der Waals surface area contributed by atoms with Gasteiger partial charge in [-0.1, -0.05) is 26.7 Å². The van der Waals surface area contributed by atoms with Gasteiger partial charge in [0.1, 0.15) is 0 Å². The number of carbonyl (C=O) groups excluding carboxylic acids is 1. The summed E-state index contributed by atoms with van der Waals surface area (Å²) in [4.78, 5) is 25.5. The van der Waals surface area contributed by atoms with E-state index in [0.29, 0.717) is 45.3 Å². The third kappa shape index (κ3) is 3.95. The lowest BCUT2D eigenvalue weighted by molar-refractivity contribution is -0.155. The van der Waals surface area contributed by atoms with Gasteiger partial charge in [0, 0.05) is 19.5 Å². The molecule has 5 heteroatoms. The molecule has 1 aliphatic heterocycles. The molecule has 0 aromatic carbocycles. The second-order valence-corrected chi connectivity index (χ2v) is 5.93. The number of nitrogens with two attached hydrogens (primary N) is 1. The maximum absolute atomic E-state index is 12.2. The summed E-state index contributed by atoms with van der Waals surface area (Å²) in [5, 5.41) is 9.45. The normalized spacial score (nSPS) is 19.6. The number of carboxylic acids is 1. The Balaban J connectivity index is 2.56. The first-order valence-corrected chi connectivity index (χ1v) is 7.70. The molecule has 0 aliphatic carbocycles. The van der Waals surface area contributed by atoms with E-state index in [1.54, 1.807) is 0 Å². The van der Waals surface area contributed by atoms with Crippen LogP contribution in [0, 0.1) is 11.3 Å². The van der Waals surface area contributed by atoms with E-state index in [4.69, 9.17) is 5.73 Å². The molecule has 0 aromatic heterocycles. The molecule has 0 aromatic rings. The van der Waals surface area contributed by atoms with Gasteiger partial charge < -0.3 is 15.7 Å². The van der Waals surface area contributed by atoms with Gasteiger partial charge in [0.25, 0.3) is 0 Å². The van der Waals surface area contributed by atoms with E-state index in [2.05, 4.69) is 0 Å². The van der Waals surface area contributed by atoms with E-state index < -0.39 is 11.4 Å². The molecule has 0 bridgehead atoms. The van der Waals surface area contributed by atoms with Crippen LogP contribution in [0.25, 0.3) is 0 Å². The molecule has 20 heavy (non-hydrogen) atoms. The number of nitrogens with zero attached hydrogens (tertiary/aromatic N) is 1. The van der Waals surface area contributed by atoms with Crippen LogP contribution >= 0.6 is 0 Å². The SMILES string of the molecule is CCCC1(C(=O)O)CCN(C(=O)CC(CC)CN)CC1. The van der Waals surface area contributed by atoms with Crippen molar-refractivity contribution in [2.75, 3.05) is 19.6 Å². The zero-order valence-electron chi connectivity index (χ0n) is 12.7. The predicted octanol–water partition coefficient (Wildman–Crippen LogP) is 1.85. The van der Waals surface area contributed by atoms with Gasteiger partial charge in [0.05, 0.1) is 5.41 Å². The van der Waals surface area contributed by atoms with Crippen molar-refractivity contribution in [3.05, 3.63) is 0 Å². The molecule has 0 saturated carbocycles. The first-order chi connectivity index (χ1) is 9.49. The Morgan fingerprint density at radius 3 is 2.30 bits per heavy atom. The highest BCUT2D eigenvalue weighted by Gasteiger charge is 2.41. The van der Waals surface area contributed by atoms with Crippen LogP contribution in [0.2, 0.25) is 0 Å². The minimum Gasteiger partial charge on any atom is -0.481 e. The third-order valence-corrected chi connectivity index (χ3v) is 4.63.